The van der Waals surface area contributed by atoms with Gasteiger partial charge < -0.3 is 5.11 Å². The molecule has 1 heterocycles. The van der Waals surface area contributed by atoms with Crippen molar-refractivity contribution in [3.63, 3.8) is 0 Å². The largest absolute Gasteiger partial charge is 0.393 e. The number of likely N-dealkylation sites (tertiary alicyclic amines) is 1. The van der Waals surface area contributed by atoms with Gasteiger partial charge in [0, 0.05) is 12.6 Å². The highest BCUT2D eigenvalue weighted by atomic mass is 16.3. The van der Waals surface area contributed by atoms with E-state index in [2.05, 4.69) is 17.0 Å². The molecule has 1 aliphatic rings. The maximum Gasteiger partial charge on any atom is 0.0991 e. The van der Waals surface area contributed by atoms with Crippen molar-refractivity contribution < 1.29 is 5.11 Å². The standard InChI is InChI=1S/C17H24N2O/c1-14(20)10-17-8-3-2-4-9-19(17)13-16-7-5-6-15(11-16)12-18/h5-7,11,14,17,20H,2-4,8-10,13H2,1H3. The van der Waals surface area contributed by atoms with E-state index in [1.165, 1.54) is 31.2 Å². The fraction of sp³-hybridized carbons (Fsp3) is 0.588. The Balaban J connectivity index is 2.08. The van der Waals surface area contributed by atoms with Crippen LogP contribution in [0.5, 0.6) is 0 Å². The number of nitriles is 1. The highest BCUT2D eigenvalue weighted by Gasteiger charge is 2.22. The maximum absolute atomic E-state index is 9.69. The van der Waals surface area contributed by atoms with Gasteiger partial charge in [0.25, 0.3) is 0 Å². The molecule has 3 heteroatoms. The summed E-state index contributed by atoms with van der Waals surface area (Å²) in [5.74, 6) is 0. The second kappa shape index (κ2) is 7.42. The number of aliphatic hydroxyl groups is 1. The fourth-order valence-corrected chi connectivity index (χ4v) is 3.08. The fourth-order valence-electron chi connectivity index (χ4n) is 3.08. The zero-order chi connectivity index (χ0) is 14.4. The topological polar surface area (TPSA) is 47.3 Å². The van der Waals surface area contributed by atoms with E-state index in [4.69, 9.17) is 5.26 Å². The Hall–Kier alpha value is -1.37. The van der Waals surface area contributed by atoms with Crippen molar-refractivity contribution in [2.45, 2.75) is 57.7 Å². The van der Waals surface area contributed by atoms with Gasteiger partial charge in [-0.1, -0.05) is 25.0 Å². The van der Waals surface area contributed by atoms with Crippen molar-refractivity contribution in [3.05, 3.63) is 35.4 Å². The van der Waals surface area contributed by atoms with E-state index in [-0.39, 0.29) is 6.10 Å². The van der Waals surface area contributed by atoms with Gasteiger partial charge in [0.1, 0.15) is 0 Å². The lowest BCUT2D eigenvalue weighted by Crippen LogP contribution is -2.36. The molecule has 0 bridgehead atoms. The van der Waals surface area contributed by atoms with Gasteiger partial charge in [0.05, 0.1) is 17.7 Å². The number of hydrogen-bond donors (Lipinski definition) is 1. The molecule has 1 saturated heterocycles. The number of rotatable bonds is 4. The third-order valence-corrected chi connectivity index (χ3v) is 4.05. The van der Waals surface area contributed by atoms with Crippen LogP contribution in [0.1, 0.15) is 50.2 Å². The van der Waals surface area contributed by atoms with Crippen LogP contribution >= 0.6 is 0 Å². The van der Waals surface area contributed by atoms with Gasteiger partial charge in [-0.05, 0) is 50.4 Å². The lowest BCUT2D eigenvalue weighted by atomic mass is 10.0. The number of nitrogens with zero attached hydrogens (tertiary/aromatic N) is 2. The average molecular weight is 272 g/mol. The molecule has 2 rings (SSSR count). The molecule has 1 aromatic carbocycles. The summed E-state index contributed by atoms with van der Waals surface area (Å²) in [6.07, 6.45) is 5.54. The molecule has 1 aromatic rings. The lowest BCUT2D eigenvalue weighted by molar-refractivity contribution is 0.108. The summed E-state index contributed by atoms with van der Waals surface area (Å²) >= 11 is 0. The first-order chi connectivity index (χ1) is 9.69. The van der Waals surface area contributed by atoms with Crippen LogP contribution < -0.4 is 0 Å². The molecule has 2 unspecified atom stereocenters. The Kier molecular flexibility index (Phi) is 5.58. The molecule has 2 atom stereocenters. The minimum atomic E-state index is -0.244. The maximum atomic E-state index is 9.69. The van der Waals surface area contributed by atoms with E-state index in [0.29, 0.717) is 6.04 Å². The van der Waals surface area contributed by atoms with Gasteiger partial charge in [-0.15, -0.1) is 0 Å². The molecule has 0 spiro atoms. The third-order valence-electron chi connectivity index (χ3n) is 4.05. The van der Waals surface area contributed by atoms with E-state index >= 15 is 0 Å². The molecule has 3 nitrogen and oxygen atoms in total. The van der Waals surface area contributed by atoms with E-state index < -0.39 is 0 Å². The van der Waals surface area contributed by atoms with Gasteiger partial charge in [-0.2, -0.15) is 5.26 Å². The molecular formula is C17H24N2O. The SMILES string of the molecule is CC(O)CC1CCCCCN1Cc1cccc(C#N)c1. The molecule has 0 aromatic heterocycles. The normalized spacial score (nSPS) is 21.9. The van der Waals surface area contributed by atoms with Gasteiger partial charge in [0.15, 0.2) is 0 Å². The van der Waals surface area contributed by atoms with Crippen LogP contribution in [-0.2, 0) is 6.54 Å². The predicted molar refractivity (Wildman–Crippen MR) is 80.1 cm³/mol. The first-order valence-electron chi connectivity index (χ1n) is 7.60. The van der Waals surface area contributed by atoms with Crippen LogP contribution in [0.4, 0.5) is 0 Å². The molecule has 1 fully saturated rings. The summed E-state index contributed by atoms with van der Waals surface area (Å²) in [6, 6.07) is 10.5. The zero-order valence-corrected chi connectivity index (χ0v) is 12.3. The van der Waals surface area contributed by atoms with Crippen molar-refractivity contribution >= 4 is 0 Å². The second-order valence-electron chi connectivity index (χ2n) is 5.87. The molecule has 20 heavy (non-hydrogen) atoms. The van der Waals surface area contributed by atoms with Crippen LogP contribution in [0.3, 0.4) is 0 Å². The highest BCUT2D eigenvalue weighted by molar-refractivity contribution is 5.32. The molecule has 1 N–H and O–H groups in total. The summed E-state index contributed by atoms with van der Waals surface area (Å²) in [5.41, 5.74) is 1.92. The number of hydrogen-bond acceptors (Lipinski definition) is 3. The van der Waals surface area contributed by atoms with Crippen LogP contribution in [0, 0.1) is 11.3 Å². The van der Waals surface area contributed by atoms with E-state index in [9.17, 15) is 5.11 Å². The number of aliphatic hydroxyl groups excluding tert-OH is 1. The first-order valence-corrected chi connectivity index (χ1v) is 7.60. The first kappa shape index (κ1) is 15.0. The Morgan fingerprint density at radius 3 is 3.00 bits per heavy atom. The summed E-state index contributed by atoms with van der Waals surface area (Å²) in [6.45, 7) is 3.85. The Labute approximate surface area is 121 Å². The quantitative estimate of drug-likeness (QED) is 0.916. The van der Waals surface area contributed by atoms with Gasteiger partial charge in [-0.3, -0.25) is 4.90 Å². The second-order valence-corrected chi connectivity index (χ2v) is 5.87. The smallest absolute Gasteiger partial charge is 0.0991 e. The summed E-state index contributed by atoms with van der Waals surface area (Å²) in [4.78, 5) is 2.48. The summed E-state index contributed by atoms with van der Waals surface area (Å²) in [7, 11) is 0. The van der Waals surface area contributed by atoms with Crippen molar-refractivity contribution in [2.24, 2.45) is 0 Å². The minimum Gasteiger partial charge on any atom is -0.393 e. The van der Waals surface area contributed by atoms with Crippen LogP contribution in [-0.4, -0.2) is 28.7 Å². The van der Waals surface area contributed by atoms with Crippen LogP contribution in [0.15, 0.2) is 24.3 Å². The molecule has 108 valence electrons. The lowest BCUT2D eigenvalue weighted by Gasteiger charge is -2.31. The highest BCUT2D eigenvalue weighted by Crippen LogP contribution is 2.22. The van der Waals surface area contributed by atoms with Crippen LogP contribution in [0.25, 0.3) is 0 Å². The van der Waals surface area contributed by atoms with Crippen molar-refractivity contribution in [1.82, 2.24) is 4.90 Å². The Bertz CT molecular complexity index is 464. The van der Waals surface area contributed by atoms with E-state index in [0.717, 1.165) is 25.1 Å². The Morgan fingerprint density at radius 1 is 1.40 bits per heavy atom. The average Bonchev–Trinajstić information content (AvgIpc) is 2.64. The molecule has 0 amide bonds. The minimum absolute atomic E-state index is 0.244. The summed E-state index contributed by atoms with van der Waals surface area (Å²) in [5, 5.41) is 18.7. The van der Waals surface area contributed by atoms with Gasteiger partial charge in [-0.25, -0.2) is 0 Å². The number of benzene rings is 1. The van der Waals surface area contributed by atoms with Crippen molar-refractivity contribution in [1.29, 1.82) is 5.26 Å². The van der Waals surface area contributed by atoms with Gasteiger partial charge >= 0.3 is 0 Å². The van der Waals surface area contributed by atoms with Crippen molar-refractivity contribution in [3.8, 4) is 6.07 Å². The molecule has 0 aliphatic carbocycles. The molecule has 1 aliphatic heterocycles. The Morgan fingerprint density at radius 2 is 2.25 bits per heavy atom. The zero-order valence-electron chi connectivity index (χ0n) is 12.3. The van der Waals surface area contributed by atoms with Crippen molar-refractivity contribution in [2.75, 3.05) is 6.54 Å². The third kappa shape index (κ3) is 4.33. The monoisotopic (exact) mass is 272 g/mol. The molecule has 0 saturated carbocycles. The van der Waals surface area contributed by atoms with E-state index in [1.807, 2.05) is 25.1 Å². The van der Waals surface area contributed by atoms with E-state index in [1.54, 1.807) is 0 Å². The molecular weight excluding hydrogens is 248 g/mol. The van der Waals surface area contributed by atoms with Gasteiger partial charge in [0.2, 0.25) is 0 Å². The molecule has 0 radical (unpaired) electrons. The predicted octanol–water partition coefficient (Wildman–Crippen LogP) is 3.07. The summed E-state index contributed by atoms with van der Waals surface area (Å²) < 4.78 is 0. The van der Waals surface area contributed by atoms with Crippen LogP contribution in [0.2, 0.25) is 0 Å².